The maximum absolute atomic E-state index is 10.9. The molecular formula is C7H13Cl2N3O3. The predicted molar refractivity (Wildman–Crippen MR) is 59.6 cm³/mol. The topological polar surface area (TPSA) is 101 Å². The number of halogens is 2. The Morgan fingerprint density at radius 2 is 2.20 bits per heavy atom. The van der Waals surface area contributed by atoms with Crippen LogP contribution in [-0.2, 0) is 16.0 Å². The van der Waals surface area contributed by atoms with Crippen LogP contribution in [0.2, 0.25) is 0 Å². The summed E-state index contributed by atoms with van der Waals surface area (Å²) in [7, 11) is 1.27. The standard InChI is InChI=1S/C7H11N3O3.2ClH/c1-13-6(11)5(8)2-4-3-9-7(12)10-4;;/h3,5H,2,8H2,1H3,(H2,9,10,12);2*1H/t5-;;/m0../s1. The van der Waals surface area contributed by atoms with Gasteiger partial charge in [-0.15, -0.1) is 24.8 Å². The minimum atomic E-state index is -0.739. The first-order valence-electron chi connectivity index (χ1n) is 3.73. The molecule has 6 nitrogen and oxygen atoms in total. The maximum Gasteiger partial charge on any atom is 0.323 e. The molecule has 0 aromatic carbocycles. The number of imidazole rings is 1. The van der Waals surface area contributed by atoms with Crippen LogP contribution in [0, 0.1) is 0 Å². The lowest BCUT2D eigenvalue weighted by molar-refractivity contribution is -0.142. The van der Waals surface area contributed by atoms with Crippen LogP contribution in [0.3, 0.4) is 0 Å². The minimum Gasteiger partial charge on any atom is -0.468 e. The fraction of sp³-hybridized carbons (Fsp3) is 0.429. The van der Waals surface area contributed by atoms with Gasteiger partial charge in [0.05, 0.1) is 7.11 Å². The number of H-pyrrole nitrogens is 2. The number of carbonyl (C=O) groups is 1. The lowest BCUT2D eigenvalue weighted by atomic mass is 10.2. The second-order valence-electron chi connectivity index (χ2n) is 2.60. The summed E-state index contributed by atoms with van der Waals surface area (Å²) in [6, 6.07) is -0.739. The van der Waals surface area contributed by atoms with Crippen molar-refractivity contribution in [2.24, 2.45) is 5.73 Å². The van der Waals surface area contributed by atoms with E-state index in [4.69, 9.17) is 5.73 Å². The van der Waals surface area contributed by atoms with Gasteiger partial charge >= 0.3 is 11.7 Å². The van der Waals surface area contributed by atoms with Gasteiger partial charge in [0.2, 0.25) is 0 Å². The molecule has 0 radical (unpaired) electrons. The molecule has 15 heavy (non-hydrogen) atoms. The van der Waals surface area contributed by atoms with Gasteiger partial charge in [0.25, 0.3) is 0 Å². The number of nitrogens with one attached hydrogen (secondary N) is 2. The van der Waals surface area contributed by atoms with Crippen LogP contribution in [0.25, 0.3) is 0 Å². The van der Waals surface area contributed by atoms with Crippen molar-refractivity contribution in [2.45, 2.75) is 12.5 Å². The average molecular weight is 258 g/mol. The van der Waals surface area contributed by atoms with E-state index in [9.17, 15) is 9.59 Å². The van der Waals surface area contributed by atoms with E-state index in [1.165, 1.54) is 13.3 Å². The summed E-state index contributed by atoms with van der Waals surface area (Å²) >= 11 is 0. The Kier molecular flexibility index (Phi) is 8.04. The maximum atomic E-state index is 10.9. The molecule has 0 bridgehead atoms. The van der Waals surface area contributed by atoms with Crippen LogP contribution < -0.4 is 11.4 Å². The number of carbonyl (C=O) groups excluding carboxylic acids is 1. The van der Waals surface area contributed by atoms with E-state index < -0.39 is 12.0 Å². The summed E-state index contributed by atoms with van der Waals surface area (Å²) in [6.45, 7) is 0. The van der Waals surface area contributed by atoms with Crippen LogP contribution in [0.4, 0.5) is 0 Å². The lowest BCUT2D eigenvalue weighted by Crippen LogP contribution is -2.33. The van der Waals surface area contributed by atoms with Crippen molar-refractivity contribution in [3.05, 3.63) is 22.4 Å². The third-order valence-electron chi connectivity index (χ3n) is 1.60. The van der Waals surface area contributed by atoms with Crippen molar-refractivity contribution in [2.75, 3.05) is 7.11 Å². The van der Waals surface area contributed by atoms with E-state index in [-0.39, 0.29) is 36.9 Å². The quantitative estimate of drug-likeness (QED) is 0.641. The largest absolute Gasteiger partial charge is 0.468 e. The molecule has 88 valence electrons. The number of methoxy groups -OCH3 is 1. The predicted octanol–water partition coefficient (Wildman–Crippen LogP) is -0.411. The molecule has 0 saturated heterocycles. The molecule has 1 aromatic rings. The number of hydrogen-bond acceptors (Lipinski definition) is 4. The van der Waals surface area contributed by atoms with E-state index in [0.717, 1.165) is 0 Å². The molecule has 0 spiro atoms. The summed E-state index contributed by atoms with van der Waals surface area (Å²) in [5.74, 6) is -0.498. The molecule has 0 fully saturated rings. The zero-order chi connectivity index (χ0) is 9.84. The number of aromatic amines is 2. The molecule has 0 aliphatic heterocycles. The Bertz CT molecular complexity index is 349. The minimum absolute atomic E-state index is 0. The van der Waals surface area contributed by atoms with Crippen molar-refractivity contribution < 1.29 is 9.53 Å². The summed E-state index contributed by atoms with van der Waals surface area (Å²) in [5.41, 5.74) is 5.73. The summed E-state index contributed by atoms with van der Waals surface area (Å²) in [4.78, 5) is 26.4. The molecule has 1 rings (SSSR count). The number of aromatic nitrogens is 2. The van der Waals surface area contributed by atoms with Gasteiger partial charge in [-0.25, -0.2) is 4.79 Å². The second-order valence-corrected chi connectivity index (χ2v) is 2.60. The Balaban J connectivity index is 0. The zero-order valence-electron chi connectivity index (χ0n) is 7.98. The molecule has 0 aliphatic carbocycles. The van der Waals surface area contributed by atoms with E-state index in [1.807, 2.05) is 0 Å². The second kappa shape index (κ2) is 7.33. The highest BCUT2D eigenvalue weighted by atomic mass is 35.5. The van der Waals surface area contributed by atoms with Gasteiger partial charge in [0, 0.05) is 18.3 Å². The van der Waals surface area contributed by atoms with Gasteiger partial charge in [-0.2, -0.15) is 0 Å². The Morgan fingerprint density at radius 3 is 2.60 bits per heavy atom. The number of ether oxygens (including phenoxy) is 1. The molecule has 0 unspecified atom stereocenters. The zero-order valence-corrected chi connectivity index (χ0v) is 9.61. The van der Waals surface area contributed by atoms with Crippen molar-refractivity contribution in [3.63, 3.8) is 0 Å². The highest BCUT2D eigenvalue weighted by Gasteiger charge is 2.14. The summed E-state index contributed by atoms with van der Waals surface area (Å²) in [5, 5.41) is 0. The van der Waals surface area contributed by atoms with Crippen LogP contribution in [0.15, 0.2) is 11.0 Å². The lowest BCUT2D eigenvalue weighted by Gasteiger charge is -2.06. The first-order valence-corrected chi connectivity index (χ1v) is 3.73. The molecule has 1 atom stereocenters. The fourth-order valence-corrected chi connectivity index (χ4v) is 0.952. The highest BCUT2D eigenvalue weighted by molar-refractivity contribution is 5.85. The first kappa shape index (κ1) is 16.4. The number of hydrogen-bond donors (Lipinski definition) is 3. The van der Waals surface area contributed by atoms with E-state index in [0.29, 0.717) is 5.69 Å². The van der Waals surface area contributed by atoms with Crippen molar-refractivity contribution in [1.29, 1.82) is 0 Å². The molecule has 1 aromatic heterocycles. The van der Waals surface area contributed by atoms with Crippen LogP contribution in [0.5, 0.6) is 0 Å². The average Bonchev–Trinajstić information content (AvgIpc) is 2.49. The molecule has 1 heterocycles. The Labute approximate surface area is 98.4 Å². The van der Waals surface area contributed by atoms with E-state index >= 15 is 0 Å². The Hall–Kier alpha value is -0.980. The number of nitrogens with two attached hydrogens (primary N) is 1. The molecule has 4 N–H and O–H groups in total. The molecule has 0 saturated carbocycles. The molecule has 0 amide bonds. The van der Waals surface area contributed by atoms with Crippen molar-refractivity contribution in [1.82, 2.24) is 9.97 Å². The summed E-state index contributed by atoms with van der Waals surface area (Å²) in [6.07, 6.45) is 1.73. The first-order chi connectivity index (χ1) is 6.13. The molecule has 8 heteroatoms. The smallest absolute Gasteiger partial charge is 0.323 e. The SMILES string of the molecule is COC(=O)[C@@H](N)Cc1c[nH]c(=O)[nH]1.Cl.Cl. The van der Waals surface area contributed by atoms with Gasteiger partial charge in [0.15, 0.2) is 0 Å². The number of rotatable bonds is 3. The number of esters is 1. The summed E-state index contributed by atoms with van der Waals surface area (Å²) < 4.78 is 4.42. The third-order valence-corrected chi connectivity index (χ3v) is 1.60. The van der Waals surface area contributed by atoms with E-state index in [1.54, 1.807) is 0 Å². The van der Waals surface area contributed by atoms with Crippen LogP contribution in [0.1, 0.15) is 5.69 Å². The highest BCUT2D eigenvalue weighted by Crippen LogP contribution is 1.95. The molecular weight excluding hydrogens is 245 g/mol. The van der Waals surface area contributed by atoms with Crippen molar-refractivity contribution >= 4 is 30.8 Å². The van der Waals surface area contributed by atoms with Crippen LogP contribution in [-0.4, -0.2) is 29.1 Å². The van der Waals surface area contributed by atoms with Gasteiger partial charge in [-0.1, -0.05) is 0 Å². The third kappa shape index (κ3) is 4.87. The van der Waals surface area contributed by atoms with Gasteiger partial charge in [0.1, 0.15) is 6.04 Å². The van der Waals surface area contributed by atoms with Gasteiger partial charge < -0.3 is 20.4 Å². The van der Waals surface area contributed by atoms with Gasteiger partial charge in [-0.05, 0) is 0 Å². The molecule has 0 aliphatic rings. The van der Waals surface area contributed by atoms with Gasteiger partial charge in [-0.3, -0.25) is 4.79 Å². The monoisotopic (exact) mass is 257 g/mol. The van der Waals surface area contributed by atoms with E-state index in [2.05, 4.69) is 14.7 Å². The normalized spacial score (nSPS) is 10.8. The van der Waals surface area contributed by atoms with Crippen LogP contribution >= 0.6 is 24.8 Å². The Morgan fingerprint density at radius 1 is 1.60 bits per heavy atom. The fourth-order valence-electron chi connectivity index (χ4n) is 0.952. The van der Waals surface area contributed by atoms with Crippen molar-refractivity contribution in [3.8, 4) is 0 Å².